The van der Waals surface area contributed by atoms with Crippen molar-refractivity contribution in [2.24, 2.45) is 5.92 Å². The van der Waals surface area contributed by atoms with Crippen LogP contribution in [0.3, 0.4) is 0 Å². The molecule has 0 radical (unpaired) electrons. The van der Waals surface area contributed by atoms with Crippen molar-refractivity contribution in [3.63, 3.8) is 0 Å². The molecule has 0 aliphatic heterocycles. The summed E-state index contributed by atoms with van der Waals surface area (Å²) in [6, 6.07) is 4.90. The Hall–Kier alpha value is -1.55. The molecule has 100 valence electrons. The van der Waals surface area contributed by atoms with E-state index in [1.807, 2.05) is 20.8 Å². The van der Waals surface area contributed by atoms with E-state index in [-0.39, 0.29) is 18.1 Å². The number of benzene rings is 1. The summed E-state index contributed by atoms with van der Waals surface area (Å²) in [6.07, 6.45) is 0. The van der Waals surface area contributed by atoms with E-state index >= 15 is 0 Å². The van der Waals surface area contributed by atoms with Crippen LogP contribution in [0.2, 0.25) is 0 Å². The lowest BCUT2D eigenvalue weighted by molar-refractivity contribution is -0.0269. The van der Waals surface area contributed by atoms with Crippen LogP contribution < -0.4 is 4.74 Å². The molecule has 0 heterocycles. The van der Waals surface area contributed by atoms with Crippen LogP contribution in [-0.4, -0.2) is 28.4 Å². The van der Waals surface area contributed by atoms with Gasteiger partial charge in [0.25, 0.3) is 0 Å². The Labute approximate surface area is 107 Å². The van der Waals surface area contributed by atoms with Crippen LogP contribution in [0.1, 0.15) is 36.7 Å². The van der Waals surface area contributed by atoms with Crippen LogP contribution >= 0.6 is 0 Å². The van der Waals surface area contributed by atoms with Gasteiger partial charge in [0.2, 0.25) is 0 Å². The first kappa shape index (κ1) is 14.5. The number of aryl methyl sites for hydroxylation is 1. The number of carbonyl (C=O) groups is 1. The van der Waals surface area contributed by atoms with Gasteiger partial charge in [-0.1, -0.05) is 19.9 Å². The monoisotopic (exact) mass is 252 g/mol. The molecule has 0 aliphatic rings. The molecule has 0 aromatic heterocycles. The summed E-state index contributed by atoms with van der Waals surface area (Å²) >= 11 is 0. The van der Waals surface area contributed by atoms with Gasteiger partial charge in [0.1, 0.15) is 17.9 Å². The van der Waals surface area contributed by atoms with Crippen molar-refractivity contribution >= 4 is 5.97 Å². The largest absolute Gasteiger partial charge is 0.490 e. The second kappa shape index (κ2) is 5.40. The van der Waals surface area contributed by atoms with E-state index in [1.165, 1.54) is 6.07 Å². The van der Waals surface area contributed by atoms with Gasteiger partial charge in [-0.3, -0.25) is 0 Å². The quantitative estimate of drug-likeness (QED) is 0.844. The maximum absolute atomic E-state index is 11.0. The van der Waals surface area contributed by atoms with Crippen LogP contribution in [0.25, 0.3) is 0 Å². The molecule has 2 N–H and O–H groups in total. The van der Waals surface area contributed by atoms with E-state index in [2.05, 4.69) is 0 Å². The summed E-state index contributed by atoms with van der Waals surface area (Å²) in [6.45, 7) is 7.37. The molecular weight excluding hydrogens is 232 g/mol. The van der Waals surface area contributed by atoms with Gasteiger partial charge >= 0.3 is 5.97 Å². The third-order valence-corrected chi connectivity index (χ3v) is 3.13. The minimum atomic E-state index is -1.03. The molecule has 0 saturated heterocycles. The van der Waals surface area contributed by atoms with E-state index in [1.54, 1.807) is 19.1 Å². The molecule has 1 aromatic carbocycles. The topological polar surface area (TPSA) is 66.8 Å². The highest BCUT2D eigenvalue weighted by Gasteiger charge is 2.26. The predicted octanol–water partition coefficient (Wildman–Crippen LogP) is 2.48. The molecule has 0 amide bonds. The number of rotatable bonds is 5. The molecule has 4 nitrogen and oxygen atoms in total. The van der Waals surface area contributed by atoms with Gasteiger partial charge in [-0.2, -0.15) is 0 Å². The fourth-order valence-electron chi connectivity index (χ4n) is 1.32. The molecular formula is C14H20O4. The lowest BCUT2D eigenvalue weighted by Crippen LogP contribution is -2.38. The summed E-state index contributed by atoms with van der Waals surface area (Å²) in [5, 5.41) is 19.1. The van der Waals surface area contributed by atoms with Crippen molar-refractivity contribution in [3.05, 3.63) is 29.3 Å². The first-order valence-electron chi connectivity index (χ1n) is 5.93. The average Bonchev–Trinajstić information content (AvgIpc) is 2.26. The molecule has 1 unspecified atom stereocenters. The van der Waals surface area contributed by atoms with Crippen LogP contribution in [0.15, 0.2) is 18.2 Å². The smallest absolute Gasteiger partial charge is 0.339 e. The number of aromatic carboxylic acids is 1. The average molecular weight is 252 g/mol. The van der Waals surface area contributed by atoms with E-state index in [0.717, 1.165) is 5.56 Å². The fraction of sp³-hybridized carbons (Fsp3) is 0.500. The third-order valence-electron chi connectivity index (χ3n) is 3.13. The van der Waals surface area contributed by atoms with E-state index in [9.17, 15) is 9.90 Å². The normalized spacial score (nSPS) is 14.3. The fourth-order valence-corrected chi connectivity index (χ4v) is 1.32. The molecule has 0 spiro atoms. The zero-order valence-electron chi connectivity index (χ0n) is 11.2. The SMILES string of the molecule is Cc1ccc(C(=O)O)c(OCC(C)(O)C(C)C)c1. The predicted molar refractivity (Wildman–Crippen MR) is 69.1 cm³/mol. The summed E-state index contributed by atoms with van der Waals surface area (Å²) in [5.41, 5.74) is 0.0406. The number of ether oxygens (including phenoxy) is 1. The third kappa shape index (κ3) is 3.47. The zero-order chi connectivity index (χ0) is 13.9. The van der Waals surface area contributed by atoms with Gasteiger partial charge in [0.15, 0.2) is 0 Å². The van der Waals surface area contributed by atoms with Crippen LogP contribution in [0, 0.1) is 12.8 Å². The lowest BCUT2D eigenvalue weighted by Gasteiger charge is -2.27. The van der Waals surface area contributed by atoms with Gasteiger partial charge < -0.3 is 14.9 Å². The Balaban J connectivity index is 2.90. The highest BCUT2D eigenvalue weighted by molar-refractivity contribution is 5.90. The van der Waals surface area contributed by atoms with Crippen LogP contribution in [0.4, 0.5) is 0 Å². The van der Waals surface area contributed by atoms with Gasteiger partial charge in [0, 0.05) is 0 Å². The Bertz CT molecular complexity index is 435. The van der Waals surface area contributed by atoms with Crippen molar-refractivity contribution < 1.29 is 19.7 Å². The van der Waals surface area contributed by atoms with E-state index < -0.39 is 11.6 Å². The number of hydrogen-bond donors (Lipinski definition) is 2. The van der Waals surface area contributed by atoms with Gasteiger partial charge in [-0.25, -0.2) is 4.79 Å². The minimum absolute atomic E-state index is 0.0237. The van der Waals surface area contributed by atoms with Gasteiger partial charge in [-0.05, 0) is 37.5 Å². The Morgan fingerprint density at radius 2 is 2.06 bits per heavy atom. The molecule has 1 rings (SSSR count). The number of hydrogen-bond acceptors (Lipinski definition) is 3. The number of carboxylic acids is 1. The highest BCUT2D eigenvalue weighted by atomic mass is 16.5. The second-order valence-electron chi connectivity index (χ2n) is 5.11. The molecule has 1 aromatic rings. The molecule has 1 atom stereocenters. The Kier molecular flexibility index (Phi) is 4.35. The molecule has 0 fully saturated rings. The molecule has 0 aliphatic carbocycles. The highest BCUT2D eigenvalue weighted by Crippen LogP contribution is 2.23. The molecule has 0 saturated carbocycles. The second-order valence-corrected chi connectivity index (χ2v) is 5.11. The molecule has 4 heteroatoms. The number of carboxylic acid groups (broad SMARTS) is 1. The van der Waals surface area contributed by atoms with Crippen LogP contribution in [-0.2, 0) is 0 Å². The zero-order valence-corrected chi connectivity index (χ0v) is 11.2. The summed E-state index contributed by atoms with van der Waals surface area (Å²) in [7, 11) is 0. The van der Waals surface area contributed by atoms with E-state index in [4.69, 9.17) is 9.84 Å². The number of aliphatic hydroxyl groups is 1. The maximum Gasteiger partial charge on any atom is 0.339 e. The van der Waals surface area contributed by atoms with Gasteiger partial charge in [-0.15, -0.1) is 0 Å². The van der Waals surface area contributed by atoms with Crippen molar-refractivity contribution in [1.82, 2.24) is 0 Å². The van der Waals surface area contributed by atoms with Gasteiger partial charge in [0.05, 0.1) is 5.60 Å². The summed E-state index contributed by atoms with van der Waals surface area (Å²) in [4.78, 5) is 11.0. The van der Waals surface area contributed by atoms with Crippen LogP contribution in [0.5, 0.6) is 5.75 Å². The first-order valence-corrected chi connectivity index (χ1v) is 5.93. The first-order chi connectivity index (χ1) is 8.24. The molecule has 18 heavy (non-hydrogen) atoms. The molecule has 0 bridgehead atoms. The van der Waals surface area contributed by atoms with Crippen molar-refractivity contribution in [2.75, 3.05) is 6.61 Å². The van der Waals surface area contributed by atoms with Crippen molar-refractivity contribution in [2.45, 2.75) is 33.3 Å². The lowest BCUT2D eigenvalue weighted by atomic mass is 9.94. The minimum Gasteiger partial charge on any atom is -0.490 e. The maximum atomic E-state index is 11.0. The van der Waals surface area contributed by atoms with Crippen molar-refractivity contribution in [3.8, 4) is 5.75 Å². The standard InChI is InChI=1S/C14H20O4/c1-9(2)14(4,17)8-18-12-7-10(3)5-6-11(12)13(15)16/h5-7,9,17H,8H2,1-4H3,(H,15,16). The Morgan fingerprint density at radius 3 is 2.56 bits per heavy atom. The summed E-state index contributed by atoms with van der Waals surface area (Å²) in [5.74, 6) is -0.715. The Morgan fingerprint density at radius 1 is 1.44 bits per heavy atom. The summed E-state index contributed by atoms with van der Waals surface area (Å²) < 4.78 is 5.47. The van der Waals surface area contributed by atoms with E-state index in [0.29, 0.717) is 5.75 Å². The van der Waals surface area contributed by atoms with Crippen molar-refractivity contribution in [1.29, 1.82) is 0 Å².